The lowest BCUT2D eigenvalue weighted by Crippen LogP contribution is -2.44. The minimum absolute atomic E-state index is 0.0849. The molecule has 0 bridgehead atoms. The van der Waals surface area contributed by atoms with E-state index < -0.39 is 11.3 Å². The third-order valence-corrected chi connectivity index (χ3v) is 6.80. The SMILES string of the molecule is CC(C)(C)[C@@H]1CC=C2C(C#N)=C(N)C(C#N)(C#N)[C@@H](c3cccc(Br)c3)[C@@H]2C1. The van der Waals surface area contributed by atoms with E-state index in [1.807, 2.05) is 24.3 Å². The van der Waals surface area contributed by atoms with E-state index >= 15 is 0 Å². The molecule has 0 saturated heterocycles. The van der Waals surface area contributed by atoms with E-state index in [2.05, 4.69) is 61.0 Å². The molecule has 2 aliphatic rings. The number of benzene rings is 1. The lowest BCUT2D eigenvalue weighted by molar-refractivity contribution is 0.170. The summed E-state index contributed by atoms with van der Waals surface area (Å²) < 4.78 is 0.886. The molecule has 28 heavy (non-hydrogen) atoms. The molecule has 0 radical (unpaired) electrons. The predicted octanol–water partition coefficient (Wildman–Crippen LogP) is 5.31. The predicted molar refractivity (Wildman–Crippen MR) is 111 cm³/mol. The number of fused-ring (bicyclic) bond motifs is 1. The van der Waals surface area contributed by atoms with Crippen LogP contribution < -0.4 is 5.73 Å². The Morgan fingerprint density at radius 3 is 2.39 bits per heavy atom. The molecule has 0 aliphatic heterocycles. The Labute approximate surface area is 175 Å². The van der Waals surface area contributed by atoms with E-state index in [0.717, 1.165) is 28.5 Å². The van der Waals surface area contributed by atoms with Gasteiger partial charge in [0.2, 0.25) is 0 Å². The van der Waals surface area contributed by atoms with E-state index in [4.69, 9.17) is 5.73 Å². The first-order chi connectivity index (χ1) is 13.2. The molecule has 1 aromatic rings. The van der Waals surface area contributed by atoms with Gasteiger partial charge in [0.05, 0.1) is 23.4 Å². The number of nitrogens with two attached hydrogens (primary N) is 1. The molecule has 0 aromatic heterocycles. The molecule has 0 amide bonds. The van der Waals surface area contributed by atoms with Gasteiger partial charge in [0.1, 0.15) is 6.07 Å². The number of nitriles is 3. The topological polar surface area (TPSA) is 97.4 Å². The summed E-state index contributed by atoms with van der Waals surface area (Å²) in [5.74, 6) is -0.132. The van der Waals surface area contributed by atoms with Crippen LogP contribution in [-0.2, 0) is 0 Å². The maximum absolute atomic E-state index is 10.1. The molecule has 0 unspecified atom stereocenters. The second-order valence-electron chi connectivity index (χ2n) is 8.77. The van der Waals surface area contributed by atoms with Gasteiger partial charge in [0, 0.05) is 10.4 Å². The van der Waals surface area contributed by atoms with Crippen LogP contribution in [0.25, 0.3) is 0 Å². The normalized spacial score (nSPS) is 26.3. The third-order valence-electron chi connectivity index (χ3n) is 6.31. The highest BCUT2D eigenvalue weighted by molar-refractivity contribution is 9.10. The second kappa shape index (κ2) is 7.12. The van der Waals surface area contributed by atoms with Crippen molar-refractivity contribution < 1.29 is 0 Å². The molecule has 0 heterocycles. The van der Waals surface area contributed by atoms with E-state index in [0.29, 0.717) is 11.5 Å². The van der Waals surface area contributed by atoms with Gasteiger partial charge >= 0.3 is 0 Å². The zero-order chi connectivity index (χ0) is 20.7. The summed E-state index contributed by atoms with van der Waals surface area (Å²) >= 11 is 3.51. The smallest absolute Gasteiger partial charge is 0.191 e. The van der Waals surface area contributed by atoms with Gasteiger partial charge in [-0.15, -0.1) is 0 Å². The molecule has 2 aliphatic carbocycles. The standard InChI is InChI=1S/C23H23BrN4/c1-22(2,3)15-7-8-17-18(10-15)20(14-5-4-6-16(24)9-14)23(12-26,13-27)21(28)19(17)11-25/h4-6,8-9,15,18,20H,7,10,28H2,1-3H3/t15-,18-,20+/m1/s1. The molecule has 3 rings (SSSR count). The maximum atomic E-state index is 10.1. The maximum Gasteiger partial charge on any atom is 0.191 e. The van der Waals surface area contributed by atoms with Gasteiger partial charge in [0.15, 0.2) is 5.41 Å². The van der Waals surface area contributed by atoms with Gasteiger partial charge in [0.25, 0.3) is 0 Å². The van der Waals surface area contributed by atoms with Crippen molar-refractivity contribution in [3.8, 4) is 18.2 Å². The fourth-order valence-electron chi connectivity index (χ4n) is 4.67. The number of nitrogens with zero attached hydrogens (tertiary/aromatic N) is 3. The van der Waals surface area contributed by atoms with Gasteiger partial charge in [-0.3, -0.25) is 0 Å². The lowest BCUT2D eigenvalue weighted by Gasteiger charge is -2.47. The number of rotatable bonds is 1. The van der Waals surface area contributed by atoms with Crippen molar-refractivity contribution in [2.45, 2.75) is 39.5 Å². The van der Waals surface area contributed by atoms with E-state index in [9.17, 15) is 15.8 Å². The molecule has 3 atom stereocenters. The molecular weight excluding hydrogens is 412 g/mol. The summed E-state index contributed by atoms with van der Waals surface area (Å²) in [6.07, 6.45) is 3.79. The summed E-state index contributed by atoms with van der Waals surface area (Å²) in [7, 11) is 0. The van der Waals surface area contributed by atoms with Gasteiger partial charge in [-0.05, 0) is 53.4 Å². The molecule has 2 N–H and O–H groups in total. The zero-order valence-corrected chi connectivity index (χ0v) is 17.9. The van der Waals surface area contributed by atoms with Crippen molar-refractivity contribution in [3.63, 3.8) is 0 Å². The van der Waals surface area contributed by atoms with E-state index in [1.165, 1.54) is 0 Å². The lowest BCUT2D eigenvalue weighted by atomic mass is 9.54. The number of hydrogen-bond donors (Lipinski definition) is 1. The minimum atomic E-state index is -1.56. The summed E-state index contributed by atoms with van der Waals surface area (Å²) in [6.45, 7) is 6.64. The zero-order valence-electron chi connectivity index (χ0n) is 16.3. The van der Waals surface area contributed by atoms with Crippen LogP contribution in [0.3, 0.4) is 0 Å². The van der Waals surface area contributed by atoms with Gasteiger partial charge in [-0.1, -0.05) is 54.9 Å². The Morgan fingerprint density at radius 2 is 1.86 bits per heavy atom. The summed E-state index contributed by atoms with van der Waals surface area (Å²) in [4.78, 5) is 0. The average molecular weight is 435 g/mol. The Bertz CT molecular complexity index is 977. The van der Waals surface area contributed by atoms with Crippen molar-refractivity contribution in [2.75, 3.05) is 0 Å². The first-order valence-corrected chi connectivity index (χ1v) is 10.2. The van der Waals surface area contributed by atoms with Gasteiger partial charge in [-0.25, -0.2) is 0 Å². The van der Waals surface area contributed by atoms with Crippen LogP contribution in [0.1, 0.15) is 45.1 Å². The fraction of sp³-hybridized carbons (Fsp3) is 0.435. The van der Waals surface area contributed by atoms with Crippen molar-refractivity contribution in [2.24, 2.45) is 28.4 Å². The Hall–Kier alpha value is -2.55. The van der Waals surface area contributed by atoms with Crippen LogP contribution in [0.5, 0.6) is 0 Å². The van der Waals surface area contributed by atoms with Gasteiger partial charge in [-0.2, -0.15) is 15.8 Å². The first-order valence-electron chi connectivity index (χ1n) is 9.38. The Kier molecular flexibility index (Phi) is 5.14. The average Bonchev–Trinajstić information content (AvgIpc) is 2.66. The molecule has 4 nitrogen and oxygen atoms in total. The highest BCUT2D eigenvalue weighted by Crippen LogP contribution is 2.58. The first kappa shape index (κ1) is 20.2. The number of halogens is 1. The van der Waals surface area contributed by atoms with Crippen molar-refractivity contribution in [3.05, 3.63) is 57.2 Å². The molecular formula is C23H23BrN4. The van der Waals surface area contributed by atoms with Crippen molar-refractivity contribution in [1.29, 1.82) is 15.8 Å². The van der Waals surface area contributed by atoms with Crippen LogP contribution >= 0.6 is 15.9 Å². The van der Waals surface area contributed by atoms with Gasteiger partial charge < -0.3 is 5.73 Å². The minimum Gasteiger partial charge on any atom is -0.399 e. The van der Waals surface area contributed by atoms with E-state index in [1.54, 1.807) is 0 Å². The quantitative estimate of drug-likeness (QED) is 0.646. The van der Waals surface area contributed by atoms with Crippen LogP contribution in [-0.4, -0.2) is 0 Å². The van der Waals surface area contributed by atoms with Crippen LogP contribution in [0, 0.1) is 56.7 Å². The number of allylic oxidation sites excluding steroid dienone is 4. The summed E-state index contributed by atoms with van der Waals surface area (Å²) in [5.41, 5.74) is 7.05. The van der Waals surface area contributed by atoms with Crippen molar-refractivity contribution >= 4 is 15.9 Å². The Balaban J connectivity index is 2.31. The molecule has 142 valence electrons. The largest absolute Gasteiger partial charge is 0.399 e. The van der Waals surface area contributed by atoms with Crippen LogP contribution in [0.15, 0.2) is 51.7 Å². The number of hydrogen-bond acceptors (Lipinski definition) is 4. The second-order valence-corrected chi connectivity index (χ2v) is 9.68. The highest BCUT2D eigenvalue weighted by Gasteiger charge is 2.55. The molecule has 0 saturated carbocycles. The van der Waals surface area contributed by atoms with Crippen LogP contribution in [0.2, 0.25) is 0 Å². The fourth-order valence-corrected chi connectivity index (χ4v) is 5.09. The summed E-state index contributed by atoms with van der Waals surface area (Å²) in [5, 5.41) is 30.0. The molecule has 0 spiro atoms. The Morgan fingerprint density at radius 1 is 1.18 bits per heavy atom. The molecule has 1 aromatic carbocycles. The molecule has 5 heteroatoms. The third kappa shape index (κ3) is 3.03. The highest BCUT2D eigenvalue weighted by atomic mass is 79.9. The summed E-state index contributed by atoms with van der Waals surface area (Å²) in [6, 6.07) is 14.3. The van der Waals surface area contributed by atoms with Crippen molar-refractivity contribution in [1.82, 2.24) is 0 Å². The monoisotopic (exact) mass is 434 g/mol. The van der Waals surface area contributed by atoms with Crippen LogP contribution in [0.4, 0.5) is 0 Å². The molecule has 0 fully saturated rings. The van der Waals surface area contributed by atoms with E-state index in [-0.39, 0.29) is 17.0 Å².